The van der Waals surface area contributed by atoms with Crippen molar-refractivity contribution in [3.05, 3.63) is 66.5 Å². The summed E-state index contributed by atoms with van der Waals surface area (Å²) in [7, 11) is 0. The zero-order valence-corrected chi connectivity index (χ0v) is 11.1. The monoisotopic (exact) mass is 269 g/mol. The van der Waals surface area contributed by atoms with E-state index in [1.165, 1.54) is 0 Å². The molecule has 0 amide bonds. The first-order valence-electron chi connectivity index (χ1n) is 6.28. The van der Waals surface area contributed by atoms with Gasteiger partial charge in [-0.25, -0.2) is 9.80 Å². The minimum absolute atomic E-state index is 0.333. The van der Waals surface area contributed by atoms with Gasteiger partial charge in [0, 0.05) is 12.4 Å². The van der Waals surface area contributed by atoms with Gasteiger partial charge in [-0.3, -0.25) is 0 Å². The van der Waals surface area contributed by atoms with Gasteiger partial charge < -0.3 is 4.74 Å². The van der Waals surface area contributed by atoms with Crippen LogP contribution in [0.5, 0.6) is 0 Å². The Kier molecular flexibility index (Phi) is 4.83. The van der Waals surface area contributed by atoms with Crippen LogP contribution in [0.1, 0.15) is 17.3 Å². The zero-order valence-electron chi connectivity index (χ0n) is 11.1. The molecule has 0 aliphatic carbocycles. The number of nitrogens with zero attached hydrogens (tertiary/aromatic N) is 3. The first-order chi connectivity index (χ1) is 9.79. The number of allylic oxidation sites excluding steroid dienone is 4. The Balaban J connectivity index is 2.01. The number of rotatable bonds is 4. The molecule has 2 rings (SSSR count). The van der Waals surface area contributed by atoms with Crippen molar-refractivity contribution in [2.45, 2.75) is 6.92 Å². The molecule has 0 spiro atoms. The third-order valence-corrected chi connectivity index (χ3v) is 2.45. The van der Waals surface area contributed by atoms with Crippen molar-refractivity contribution in [3.8, 4) is 0 Å². The van der Waals surface area contributed by atoms with E-state index in [2.05, 4.69) is 10.3 Å². The van der Waals surface area contributed by atoms with E-state index >= 15 is 0 Å². The van der Waals surface area contributed by atoms with Gasteiger partial charge in [-0.05, 0) is 43.3 Å². The molecule has 0 saturated heterocycles. The summed E-state index contributed by atoms with van der Waals surface area (Å²) in [6.07, 6.45) is 11.1. The Labute approximate surface area is 117 Å². The number of ether oxygens (including phenoxy) is 1. The topological polar surface area (TPSA) is 54.3 Å². The highest BCUT2D eigenvalue weighted by Gasteiger charge is 2.05. The third kappa shape index (κ3) is 3.91. The standard InChI is InChI=1S/C15H15N3O2/c1-2-20-15(19)13-7-9-14(10-8-13)16-17-18-11-5-3-4-6-12-18/h3-12H,2H2,1H3. The minimum atomic E-state index is -0.333. The van der Waals surface area contributed by atoms with Crippen molar-refractivity contribution < 1.29 is 9.53 Å². The molecule has 20 heavy (non-hydrogen) atoms. The molecule has 0 saturated carbocycles. The van der Waals surface area contributed by atoms with Crippen molar-refractivity contribution in [2.75, 3.05) is 6.61 Å². The summed E-state index contributed by atoms with van der Waals surface area (Å²) in [5, 5.41) is 9.74. The quantitative estimate of drug-likeness (QED) is 0.617. The molecule has 0 fully saturated rings. The average molecular weight is 269 g/mol. The van der Waals surface area contributed by atoms with Crippen molar-refractivity contribution in [3.63, 3.8) is 0 Å². The van der Waals surface area contributed by atoms with Gasteiger partial charge in [-0.2, -0.15) is 0 Å². The lowest BCUT2D eigenvalue weighted by Gasteiger charge is -2.04. The fourth-order valence-electron chi connectivity index (χ4n) is 1.50. The summed E-state index contributed by atoms with van der Waals surface area (Å²) in [4.78, 5) is 11.5. The second-order valence-electron chi connectivity index (χ2n) is 3.90. The molecule has 1 aliphatic heterocycles. The Morgan fingerprint density at radius 3 is 2.35 bits per heavy atom. The van der Waals surface area contributed by atoms with Crippen LogP contribution in [0.4, 0.5) is 5.69 Å². The molecule has 0 N–H and O–H groups in total. The van der Waals surface area contributed by atoms with Gasteiger partial charge in [0.25, 0.3) is 0 Å². The second kappa shape index (κ2) is 7.04. The smallest absolute Gasteiger partial charge is 0.338 e. The number of carbonyl (C=O) groups excluding carboxylic acids is 1. The molecule has 5 nitrogen and oxygen atoms in total. The highest BCUT2D eigenvalue weighted by atomic mass is 16.5. The van der Waals surface area contributed by atoms with E-state index in [9.17, 15) is 4.79 Å². The molecular weight excluding hydrogens is 254 g/mol. The fraction of sp³-hybridized carbons (Fsp3) is 0.133. The molecule has 1 aliphatic rings. The Morgan fingerprint density at radius 2 is 1.75 bits per heavy atom. The van der Waals surface area contributed by atoms with Gasteiger partial charge >= 0.3 is 5.97 Å². The summed E-state index contributed by atoms with van der Waals surface area (Å²) in [6, 6.07) is 6.78. The van der Waals surface area contributed by atoms with Crippen LogP contribution in [0.2, 0.25) is 0 Å². The van der Waals surface area contributed by atoms with Crippen LogP contribution < -0.4 is 0 Å². The molecule has 1 aromatic rings. The number of hydrogen-bond donors (Lipinski definition) is 0. The lowest BCUT2D eigenvalue weighted by atomic mass is 10.2. The van der Waals surface area contributed by atoms with Gasteiger partial charge in [0.15, 0.2) is 0 Å². The van der Waals surface area contributed by atoms with Crippen LogP contribution in [0.25, 0.3) is 0 Å². The second-order valence-corrected chi connectivity index (χ2v) is 3.90. The minimum Gasteiger partial charge on any atom is -0.462 e. The Bertz CT molecular complexity index is 555. The van der Waals surface area contributed by atoms with Crippen LogP contribution in [0.3, 0.4) is 0 Å². The van der Waals surface area contributed by atoms with Crippen LogP contribution in [0.15, 0.2) is 71.3 Å². The lowest BCUT2D eigenvalue weighted by Crippen LogP contribution is -2.03. The number of hydrogen-bond acceptors (Lipinski definition) is 4. The molecule has 1 heterocycles. The SMILES string of the molecule is CCOC(=O)c1ccc(N=NN2C=CC=CC=C2)cc1. The highest BCUT2D eigenvalue weighted by molar-refractivity contribution is 5.89. The van der Waals surface area contributed by atoms with E-state index < -0.39 is 0 Å². The highest BCUT2D eigenvalue weighted by Crippen LogP contribution is 2.15. The number of benzene rings is 1. The molecule has 0 bridgehead atoms. The molecule has 0 radical (unpaired) electrons. The maximum absolute atomic E-state index is 11.5. The van der Waals surface area contributed by atoms with Crippen LogP contribution in [-0.4, -0.2) is 17.6 Å². The van der Waals surface area contributed by atoms with Crippen molar-refractivity contribution in [1.82, 2.24) is 5.01 Å². The molecule has 1 aromatic carbocycles. The fourth-order valence-corrected chi connectivity index (χ4v) is 1.50. The van der Waals surface area contributed by atoms with E-state index in [1.54, 1.807) is 48.6 Å². The average Bonchev–Trinajstić information content (AvgIpc) is 2.74. The maximum Gasteiger partial charge on any atom is 0.338 e. The Hall–Kier alpha value is -2.69. The summed E-state index contributed by atoms with van der Waals surface area (Å²) in [5.74, 6) is -0.333. The number of carbonyl (C=O) groups is 1. The van der Waals surface area contributed by atoms with E-state index in [0.29, 0.717) is 17.9 Å². The van der Waals surface area contributed by atoms with Gasteiger partial charge in [-0.1, -0.05) is 17.4 Å². The summed E-state index contributed by atoms with van der Waals surface area (Å²) in [5.41, 5.74) is 1.17. The van der Waals surface area contributed by atoms with Gasteiger partial charge in [-0.15, -0.1) is 5.11 Å². The van der Waals surface area contributed by atoms with Gasteiger partial charge in [0.1, 0.15) is 0 Å². The molecule has 0 aromatic heterocycles. The van der Waals surface area contributed by atoms with E-state index in [-0.39, 0.29) is 5.97 Å². The van der Waals surface area contributed by atoms with Gasteiger partial charge in [0.05, 0.1) is 17.9 Å². The predicted molar refractivity (Wildman–Crippen MR) is 76.2 cm³/mol. The zero-order chi connectivity index (χ0) is 14.2. The maximum atomic E-state index is 11.5. The molecule has 102 valence electrons. The predicted octanol–water partition coefficient (Wildman–Crippen LogP) is 3.76. The first-order valence-corrected chi connectivity index (χ1v) is 6.28. The van der Waals surface area contributed by atoms with Crippen LogP contribution in [-0.2, 0) is 4.74 Å². The summed E-state index contributed by atoms with van der Waals surface area (Å²) in [6.45, 7) is 2.14. The summed E-state index contributed by atoms with van der Waals surface area (Å²) >= 11 is 0. The molecule has 0 unspecified atom stereocenters. The first kappa shape index (κ1) is 13.7. The lowest BCUT2D eigenvalue weighted by molar-refractivity contribution is 0.0526. The molecule has 5 heteroatoms. The van der Waals surface area contributed by atoms with Crippen molar-refractivity contribution in [2.24, 2.45) is 10.3 Å². The largest absolute Gasteiger partial charge is 0.462 e. The van der Waals surface area contributed by atoms with Crippen molar-refractivity contribution in [1.29, 1.82) is 0 Å². The Morgan fingerprint density at radius 1 is 1.10 bits per heavy atom. The van der Waals surface area contributed by atoms with E-state index in [4.69, 9.17) is 4.74 Å². The summed E-state index contributed by atoms with van der Waals surface area (Å²) < 4.78 is 4.91. The van der Waals surface area contributed by atoms with E-state index in [0.717, 1.165) is 0 Å². The molecular formula is C15H15N3O2. The molecule has 0 atom stereocenters. The van der Waals surface area contributed by atoms with Gasteiger partial charge in [0.2, 0.25) is 0 Å². The van der Waals surface area contributed by atoms with Crippen molar-refractivity contribution >= 4 is 11.7 Å². The number of esters is 1. The van der Waals surface area contributed by atoms with Crippen LogP contribution >= 0.6 is 0 Å². The van der Waals surface area contributed by atoms with Crippen LogP contribution in [0, 0.1) is 0 Å². The third-order valence-electron chi connectivity index (χ3n) is 2.45. The van der Waals surface area contributed by atoms with E-state index in [1.807, 2.05) is 24.3 Å². The normalized spacial score (nSPS) is 13.8.